The van der Waals surface area contributed by atoms with Gasteiger partial charge < -0.3 is 0 Å². The van der Waals surface area contributed by atoms with Gasteiger partial charge in [0.25, 0.3) is 0 Å². The second-order valence-electron chi connectivity index (χ2n) is 10.2. The van der Waals surface area contributed by atoms with Gasteiger partial charge in [0.15, 0.2) is 0 Å². The molecule has 2 saturated carbocycles. The summed E-state index contributed by atoms with van der Waals surface area (Å²) in [4.78, 5) is 0. The number of benzene rings is 1. The lowest BCUT2D eigenvalue weighted by Gasteiger charge is -2.45. The van der Waals surface area contributed by atoms with Crippen LogP contribution in [0.3, 0.4) is 0 Å². The van der Waals surface area contributed by atoms with Crippen LogP contribution in [0.5, 0.6) is 0 Å². The summed E-state index contributed by atoms with van der Waals surface area (Å²) in [5.41, 5.74) is 4.18. The van der Waals surface area contributed by atoms with Crippen LogP contribution in [0.2, 0.25) is 0 Å². The first kappa shape index (κ1) is 38.5. The van der Waals surface area contributed by atoms with E-state index >= 15 is 0 Å². The molecule has 0 heterocycles. The zero-order valence-electron chi connectivity index (χ0n) is 25.5. The second kappa shape index (κ2) is 24.9. The Bertz CT molecular complexity index is 443. The predicted octanol–water partition coefficient (Wildman–Crippen LogP) is 12.4. The third-order valence-corrected chi connectivity index (χ3v) is 4.96. The van der Waals surface area contributed by atoms with Gasteiger partial charge in [0, 0.05) is 0 Å². The molecule has 3 rings (SSSR count). The molecule has 32 heavy (non-hydrogen) atoms. The Balaban J connectivity index is -0.000000181. The maximum Gasteiger partial charge on any atom is -0.0149 e. The average Bonchev–Trinajstić information content (AvgIpc) is 2.69. The lowest BCUT2D eigenvalue weighted by Crippen LogP contribution is -2.32. The summed E-state index contributed by atoms with van der Waals surface area (Å²) in [5.74, 6) is 0.834. The van der Waals surface area contributed by atoms with Crippen LogP contribution in [0.25, 0.3) is 0 Å². The van der Waals surface area contributed by atoms with Crippen LogP contribution < -0.4 is 0 Å². The maximum atomic E-state index is 2.42. The Kier molecular flexibility index (Phi) is 29.9. The van der Waals surface area contributed by atoms with E-state index in [2.05, 4.69) is 86.6 Å². The highest BCUT2D eigenvalue weighted by molar-refractivity contribution is 5.31. The van der Waals surface area contributed by atoms with E-state index in [1.54, 1.807) is 5.56 Å². The van der Waals surface area contributed by atoms with Crippen LogP contribution in [0.4, 0.5) is 0 Å². The molecule has 0 heteroatoms. The molecule has 0 spiro atoms. The minimum absolute atomic E-state index is 0.500. The van der Waals surface area contributed by atoms with E-state index in [1.807, 2.05) is 41.5 Å². The van der Waals surface area contributed by atoms with Crippen LogP contribution in [0.15, 0.2) is 24.3 Å². The molecule has 0 N–H and O–H groups in total. The summed E-state index contributed by atoms with van der Waals surface area (Å²) in [6.45, 7) is 32.0. The molecule has 194 valence electrons. The van der Waals surface area contributed by atoms with Gasteiger partial charge in [-0.05, 0) is 47.6 Å². The summed E-state index contributed by atoms with van der Waals surface area (Å²) in [6, 6.07) is 8.84. The fraction of sp³-hybridized carbons (Fsp3) is 0.812. The van der Waals surface area contributed by atoms with Gasteiger partial charge in [-0.25, -0.2) is 0 Å². The number of hydrogen-bond donors (Lipinski definition) is 0. The molecule has 0 nitrogen and oxygen atoms in total. The maximum absolute atomic E-state index is 2.42. The van der Waals surface area contributed by atoms with Crippen molar-refractivity contribution in [2.24, 2.45) is 10.8 Å². The van der Waals surface area contributed by atoms with Gasteiger partial charge in [0.2, 0.25) is 0 Å². The molecule has 0 radical (unpaired) electrons. The molecule has 1 aromatic carbocycles. The first-order valence-corrected chi connectivity index (χ1v) is 14.1. The first-order valence-electron chi connectivity index (χ1n) is 14.1. The van der Waals surface area contributed by atoms with Crippen molar-refractivity contribution in [1.29, 1.82) is 0 Å². The van der Waals surface area contributed by atoms with Gasteiger partial charge in [-0.15, -0.1) is 0 Å². The van der Waals surface area contributed by atoms with Crippen LogP contribution in [0.1, 0.15) is 165 Å². The van der Waals surface area contributed by atoms with E-state index in [-0.39, 0.29) is 0 Å². The van der Waals surface area contributed by atoms with Crippen molar-refractivity contribution in [2.75, 3.05) is 0 Å². The van der Waals surface area contributed by atoms with Crippen molar-refractivity contribution >= 4 is 0 Å². The van der Waals surface area contributed by atoms with Crippen molar-refractivity contribution in [3.05, 3.63) is 35.4 Å². The van der Waals surface area contributed by atoms with E-state index in [0.29, 0.717) is 10.8 Å². The quantitative estimate of drug-likeness (QED) is 0.420. The van der Waals surface area contributed by atoms with Crippen LogP contribution in [0, 0.1) is 17.8 Å². The van der Waals surface area contributed by atoms with Gasteiger partial charge >= 0.3 is 0 Å². The summed E-state index contributed by atoms with van der Waals surface area (Å²) >= 11 is 0. The fourth-order valence-electron chi connectivity index (χ4n) is 2.93. The Hall–Kier alpha value is -0.780. The third kappa shape index (κ3) is 23.9. The fourth-order valence-corrected chi connectivity index (χ4v) is 2.93. The molecule has 0 aliphatic heterocycles. The van der Waals surface area contributed by atoms with Crippen LogP contribution >= 0.6 is 0 Å². The molecule has 1 aromatic rings. The summed E-state index contributed by atoms with van der Waals surface area (Å²) in [7, 11) is 0. The van der Waals surface area contributed by atoms with Gasteiger partial charge in [0.1, 0.15) is 0 Å². The van der Waals surface area contributed by atoms with Crippen LogP contribution in [-0.4, -0.2) is 0 Å². The Morgan fingerprint density at radius 1 is 0.750 bits per heavy atom. The normalized spacial score (nSPS) is 19.7. The highest BCUT2D eigenvalue weighted by Crippen LogP contribution is 2.53. The van der Waals surface area contributed by atoms with E-state index in [4.69, 9.17) is 0 Å². The number of rotatable bonds is 2. The molecule has 0 saturated heterocycles. The smallest absolute Gasteiger partial charge is 0.0149 e. The molecular formula is C32H66. The summed E-state index contributed by atoms with van der Waals surface area (Å²) in [5, 5.41) is 0. The van der Waals surface area contributed by atoms with Gasteiger partial charge in [-0.1, -0.05) is 160 Å². The Morgan fingerprint density at radius 2 is 1.06 bits per heavy atom. The number of hydrogen-bond acceptors (Lipinski definition) is 0. The summed E-state index contributed by atoms with van der Waals surface area (Å²) < 4.78 is 0. The zero-order chi connectivity index (χ0) is 26.2. The Morgan fingerprint density at radius 3 is 1.31 bits per heavy atom. The molecule has 0 amide bonds. The highest BCUT2D eigenvalue weighted by atomic mass is 14.4. The molecule has 0 bridgehead atoms. The standard InChI is InChI=1S/C14H20.C5H12.C4H8.C3H8.3C2H6/c1-4-14(3)9-12(10-14)13-8-6-5-7-11(13)2;1-5(2,3)4;1-2-4-3-1;1-3-2;3*1-2/h5-8,12H,4,9-10H2,1-3H3;1-4H3;1-4H2;3H2,1-2H3;3*1-2H3. The van der Waals surface area contributed by atoms with Crippen molar-refractivity contribution in [2.45, 2.75) is 161 Å². The molecule has 2 aliphatic carbocycles. The molecule has 0 unspecified atom stereocenters. The lowest BCUT2D eigenvalue weighted by molar-refractivity contribution is 0.120. The molecule has 0 aromatic heterocycles. The molecule has 2 aliphatic rings. The van der Waals surface area contributed by atoms with Gasteiger partial charge in [-0.2, -0.15) is 0 Å². The van der Waals surface area contributed by atoms with Crippen molar-refractivity contribution in [3.63, 3.8) is 0 Å². The molecule has 2 fully saturated rings. The topological polar surface area (TPSA) is 0 Å². The largest absolute Gasteiger partial charge is 0.0683 e. The predicted molar refractivity (Wildman–Crippen MR) is 155 cm³/mol. The lowest BCUT2D eigenvalue weighted by atomic mass is 9.59. The van der Waals surface area contributed by atoms with Crippen molar-refractivity contribution in [1.82, 2.24) is 0 Å². The minimum atomic E-state index is 0.500. The van der Waals surface area contributed by atoms with E-state index in [1.165, 1.54) is 56.9 Å². The monoisotopic (exact) mass is 451 g/mol. The molecule has 0 atom stereocenters. The van der Waals surface area contributed by atoms with Crippen LogP contribution in [-0.2, 0) is 0 Å². The van der Waals surface area contributed by atoms with E-state index in [0.717, 1.165) is 5.92 Å². The van der Waals surface area contributed by atoms with Gasteiger partial charge in [-0.3, -0.25) is 0 Å². The third-order valence-electron chi connectivity index (χ3n) is 4.96. The summed E-state index contributed by atoms with van der Waals surface area (Å²) in [6.07, 6.45) is 11.3. The average molecular weight is 451 g/mol. The van der Waals surface area contributed by atoms with Crippen molar-refractivity contribution in [3.8, 4) is 0 Å². The second-order valence-corrected chi connectivity index (χ2v) is 10.2. The van der Waals surface area contributed by atoms with E-state index < -0.39 is 0 Å². The van der Waals surface area contributed by atoms with E-state index in [9.17, 15) is 0 Å². The minimum Gasteiger partial charge on any atom is -0.0683 e. The van der Waals surface area contributed by atoms with Gasteiger partial charge in [0.05, 0.1) is 0 Å². The Labute approximate surface area is 207 Å². The molecular weight excluding hydrogens is 384 g/mol. The SMILES string of the molecule is C1CCC1.CC.CC.CC.CC(C)(C)C.CCC.CCC1(C)CC(c2ccccc2C)C1. The highest BCUT2D eigenvalue weighted by Gasteiger charge is 2.39. The number of aryl methyl sites for hydroxylation is 1. The first-order chi connectivity index (χ1) is 15.1. The van der Waals surface area contributed by atoms with Crippen molar-refractivity contribution < 1.29 is 0 Å². The zero-order valence-corrected chi connectivity index (χ0v) is 25.5.